The standard InChI is InChI=1S/C25H14O12/c1-7-2-8-3-9-5-12(28)25(36-21(9)19(31)13(8)24(34)35-7)23(33)16-18(30)14-11(27)4-10(6-26)17(29)15(14)20(32)22(16)37-25/h2-4,6,12,28,30-32H,5H2,1H3/t12-,25+/m0/s1. The lowest BCUT2D eigenvalue weighted by Crippen LogP contribution is -2.58. The molecule has 4 N–H and O–H groups in total. The molecule has 0 radical (unpaired) electrons. The Labute approximate surface area is 204 Å². The van der Waals surface area contributed by atoms with Crippen LogP contribution in [0.1, 0.15) is 42.4 Å². The van der Waals surface area contributed by atoms with Crippen molar-refractivity contribution in [3.8, 4) is 28.7 Å². The Morgan fingerprint density at radius 3 is 2.35 bits per heavy atom. The van der Waals surface area contributed by atoms with Crippen LogP contribution in [0.2, 0.25) is 0 Å². The molecule has 0 unspecified atom stereocenters. The zero-order valence-corrected chi connectivity index (χ0v) is 18.6. The van der Waals surface area contributed by atoms with E-state index in [9.17, 15) is 44.4 Å². The van der Waals surface area contributed by atoms with Gasteiger partial charge in [-0.15, -0.1) is 0 Å². The van der Waals surface area contributed by atoms with Gasteiger partial charge < -0.3 is 34.3 Å². The summed E-state index contributed by atoms with van der Waals surface area (Å²) < 4.78 is 16.2. The van der Waals surface area contributed by atoms with Crippen molar-refractivity contribution < 1.29 is 53.5 Å². The quantitative estimate of drug-likeness (QED) is 0.208. The molecule has 2 aliphatic heterocycles. The predicted molar refractivity (Wildman–Crippen MR) is 119 cm³/mol. The van der Waals surface area contributed by atoms with Gasteiger partial charge in [0.15, 0.2) is 35.1 Å². The highest BCUT2D eigenvalue weighted by molar-refractivity contribution is 6.34. The van der Waals surface area contributed by atoms with Crippen molar-refractivity contribution in [2.75, 3.05) is 0 Å². The van der Waals surface area contributed by atoms with Crippen LogP contribution in [0.15, 0.2) is 33.0 Å². The number of ketones is 3. The zero-order chi connectivity index (χ0) is 26.5. The highest BCUT2D eigenvalue weighted by atomic mass is 16.7. The number of carbonyl (C=O) groups excluding carboxylic acids is 4. The summed E-state index contributed by atoms with van der Waals surface area (Å²) in [4.78, 5) is 62.3. The van der Waals surface area contributed by atoms with Crippen LogP contribution < -0.4 is 15.1 Å². The molecule has 3 aliphatic rings. The molecule has 1 aromatic heterocycles. The Hall–Kier alpha value is -4.97. The molecule has 12 nitrogen and oxygen atoms in total. The second kappa shape index (κ2) is 7.04. The molecule has 0 amide bonds. The van der Waals surface area contributed by atoms with Crippen LogP contribution in [0.4, 0.5) is 0 Å². The zero-order valence-electron chi connectivity index (χ0n) is 18.6. The first-order valence-corrected chi connectivity index (χ1v) is 10.8. The van der Waals surface area contributed by atoms with E-state index in [2.05, 4.69) is 0 Å². The molecule has 0 saturated carbocycles. The van der Waals surface area contributed by atoms with Crippen LogP contribution in [-0.4, -0.2) is 56.0 Å². The van der Waals surface area contributed by atoms with Crippen molar-refractivity contribution in [3.05, 3.63) is 62.2 Å². The van der Waals surface area contributed by atoms with Crippen LogP contribution in [0.5, 0.6) is 28.7 Å². The average Bonchev–Trinajstić information content (AvgIpc) is 3.13. The number of aromatic hydroxyl groups is 3. The molecule has 186 valence electrons. The molecule has 6 rings (SSSR count). The highest BCUT2D eigenvalue weighted by Gasteiger charge is 2.61. The van der Waals surface area contributed by atoms with E-state index in [-0.39, 0.29) is 34.8 Å². The Kier molecular flexibility index (Phi) is 4.28. The molecular weight excluding hydrogens is 492 g/mol. The molecule has 0 bridgehead atoms. The number of aliphatic hydroxyl groups is 1. The van der Waals surface area contributed by atoms with Gasteiger partial charge in [-0.2, -0.15) is 0 Å². The van der Waals surface area contributed by atoms with Crippen molar-refractivity contribution in [2.45, 2.75) is 25.2 Å². The lowest BCUT2D eigenvalue weighted by Gasteiger charge is -2.37. The van der Waals surface area contributed by atoms with Gasteiger partial charge in [-0.05, 0) is 24.4 Å². The van der Waals surface area contributed by atoms with E-state index in [4.69, 9.17) is 13.9 Å². The van der Waals surface area contributed by atoms with E-state index in [1.807, 2.05) is 0 Å². The number of hydrogen-bond acceptors (Lipinski definition) is 12. The van der Waals surface area contributed by atoms with Gasteiger partial charge >= 0.3 is 11.4 Å². The number of Topliss-reactive ketones (excluding diaryl/α,β-unsaturated/α-hetero) is 2. The monoisotopic (exact) mass is 506 g/mol. The molecule has 1 aliphatic carbocycles. The largest absolute Gasteiger partial charge is 0.506 e. The third kappa shape index (κ3) is 2.67. The van der Waals surface area contributed by atoms with Crippen LogP contribution in [0.25, 0.3) is 10.8 Å². The summed E-state index contributed by atoms with van der Waals surface area (Å²) in [5.74, 6) is -9.66. The Morgan fingerprint density at radius 1 is 0.946 bits per heavy atom. The number of ether oxygens (including phenoxy) is 2. The van der Waals surface area contributed by atoms with Crippen LogP contribution in [-0.2, 0) is 11.2 Å². The first-order chi connectivity index (χ1) is 17.5. The first-order valence-electron chi connectivity index (χ1n) is 10.8. The predicted octanol–water partition coefficient (Wildman–Crippen LogP) is 0.990. The number of phenols is 3. The molecule has 3 aromatic rings. The number of rotatable bonds is 1. The maximum Gasteiger partial charge on any atom is 0.347 e. The molecule has 0 fully saturated rings. The van der Waals surface area contributed by atoms with E-state index in [1.54, 1.807) is 0 Å². The maximum absolute atomic E-state index is 13.5. The van der Waals surface area contributed by atoms with E-state index in [0.29, 0.717) is 6.08 Å². The summed E-state index contributed by atoms with van der Waals surface area (Å²) in [7, 11) is 0. The van der Waals surface area contributed by atoms with Crippen molar-refractivity contribution in [2.24, 2.45) is 0 Å². The van der Waals surface area contributed by atoms with Gasteiger partial charge in [-0.1, -0.05) is 0 Å². The fourth-order valence-electron chi connectivity index (χ4n) is 4.97. The van der Waals surface area contributed by atoms with Gasteiger partial charge in [0.05, 0.1) is 16.7 Å². The molecule has 37 heavy (non-hydrogen) atoms. The first kappa shape index (κ1) is 22.5. The van der Waals surface area contributed by atoms with Crippen LogP contribution in [0.3, 0.4) is 0 Å². The molecule has 3 heterocycles. The van der Waals surface area contributed by atoms with E-state index >= 15 is 0 Å². The number of hydrogen-bond donors (Lipinski definition) is 4. The average molecular weight is 506 g/mol. The summed E-state index contributed by atoms with van der Waals surface area (Å²) in [6.07, 6.45) is -1.37. The van der Waals surface area contributed by atoms with Crippen molar-refractivity contribution in [1.29, 1.82) is 0 Å². The summed E-state index contributed by atoms with van der Waals surface area (Å²) in [6, 6.07) is 2.94. The van der Waals surface area contributed by atoms with Crippen LogP contribution in [0, 0.1) is 6.92 Å². The number of allylic oxidation sites excluding steroid dienone is 2. The topological polar surface area (TPSA) is 198 Å². The minimum absolute atomic E-state index is 0.0937. The molecule has 1 spiro atoms. The Morgan fingerprint density at radius 2 is 1.65 bits per heavy atom. The second-order valence-corrected chi connectivity index (χ2v) is 8.81. The third-order valence-electron chi connectivity index (χ3n) is 6.63. The fourth-order valence-corrected chi connectivity index (χ4v) is 4.97. The van der Waals surface area contributed by atoms with Gasteiger partial charge in [-0.25, -0.2) is 4.79 Å². The van der Waals surface area contributed by atoms with Gasteiger partial charge in [0, 0.05) is 18.1 Å². The van der Waals surface area contributed by atoms with E-state index < -0.39 is 85.9 Å². The van der Waals surface area contributed by atoms with Gasteiger partial charge in [0.2, 0.25) is 5.78 Å². The number of aryl methyl sites for hydroxylation is 1. The number of phenolic OH excluding ortho intramolecular Hbond substituents is 3. The van der Waals surface area contributed by atoms with Crippen molar-refractivity contribution in [1.82, 2.24) is 0 Å². The normalized spacial score (nSPS) is 21.7. The summed E-state index contributed by atoms with van der Waals surface area (Å²) in [5.41, 5.74) is -3.52. The molecule has 12 heteroatoms. The number of carbonyl (C=O) groups is 4. The maximum atomic E-state index is 13.5. The fraction of sp³-hybridized carbons (Fsp3) is 0.160. The lowest BCUT2D eigenvalue weighted by atomic mass is 9.85. The Bertz CT molecular complexity index is 1760. The molecular formula is C25H14O12. The minimum atomic E-state index is -2.67. The Balaban J connectivity index is 1.55. The van der Waals surface area contributed by atoms with Gasteiger partial charge in [0.1, 0.15) is 28.6 Å². The summed E-state index contributed by atoms with van der Waals surface area (Å²) in [5, 5.41) is 43.5. The van der Waals surface area contributed by atoms with E-state index in [1.165, 1.54) is 19.1 Å². The van der Waals surface area contributed by atoms with Crippen LogP contribution >= 0.6 is 0 Å². The van der Waals surface area contributed by atoms with Crippen molar-refractivity contribution >= 4 is 34.4 Å². The minimum Gasteiger partial charge on any atom is -0.506 e. The number of aldehydes is 1. The highest BCUT2D eigenvalue weighted by Crippen LogP contribution is 2.55. The smallest absolute Gasteiger partial charge is 0.347 e. The molecule has 2 atom stereocenters. The third-order valence-corrected chi connectivity index (χ3v) is 6.63. The molecule has 2 aromatic carbocycles. The van der Waals surface area contributed by atoms with Gasteiger partial charge in [-0.3, -0.25) is 19.2 Å². The number of benzene rings is 2. The van der Waals surface area contributed by atoms with Gasteiger partial charge in [0.25, 0.3) is 5.78 Å². The summed E-state index contributed by atoms with van der Waals surface area (Å²) in [6.45, 7) is 1.53. The number of aliphatic hydroxyl groups excluding tert-OH is 1. The molecule has 0 saturated heterocycles. The SMILES string of the molecule is Cc1cc2cc3c(c(O)c2c(=O)o1)O[C@@]1(Oc2c(O)c4c(c(O)c2C1=O)C(=O)C=C(C=O)C4=O)[C@@H](O)C3. The second-order valence-electron chi connectivity index (χ2n) is 8.81. The lowest BCUT2D eigenvalue weighted by molar-refractivity contribution is -0.152. The van der Waals surface area contributed by atoms with E-state index in [0.717, 1.165) is 0 Å². The number of fused-ring (bicyclic) bond motifs is 4. The van der Waals surface area contributed by atoms with Crippen molar-refractivity contribution in [3.63, 3.8) is 0 Å². The summed E-state index contributed by atoms with van der Waals surface area (Å²) >= 11 is 0.